The van der Waals surface area contributed by atoms with Crippen molar-refractivity contribution in [3.05, 3.63) is 67.1 Å². The van der Waals surface area contributed by atoms with Gasteiger partial charge in [0.2, 0.25) is 0 Å². The van der Waals surface area contributed by atoms with Crippen molar-refractivity contribution >= 4 is 16.7 Å². The van der Waals surface area contributed by atoms with Crippen LogP contribution >= 0.6 is 0 Å². The van der Waals surface area contributed by atoms with E-state index in [0.717, 1.165) is 27.8 Å². The molecule has 0 saturated heterocycles. The molecule has 24 heavy (non-hydrogen) atoms. The molecular weight excluding hydrogens is 298 g/mol. The van der Waals surface area contributed by atoms with Gasteiger partial charge in [0.15, 0.2) is 5.82 Å². The summed E-state index contributed by atoms with van der Waals surface area (Å²) in [7, 11) is 1.85. The van der Waals surface area contributed by atoms with Crippen molar-refractivity contribution in [3.8, 4) is 22.6 Å². The summed E-state index contributed by atoms with van der Waals surface area (Å²) in [6.45, 7) is 0. The van der Waals surface area contributed by atoms with Gasteiger partial charge in [-0.1, -0.05) is 36.4 Å². The number of nitrogens with zero attached hydrogens (tertiary/aromatic N) is 4. The van der Waals surface area contributed by atoms with Crippen LogP contribution in [-0.2, 0) is 0 Å². The van der Waals surface area contributed by atoms with Crippen LogP contribution in [0.25, 0.3) is 33.5 Å². The fourth-order valence-electron chi connectivity index (χ4n) is 2.66. The van der Waals surface area contributed by atoms with Gasteiger partial charge in [0.05, 0.1) is 11.7 Å². The van der Waals surface area contributed by atoms with Crippen molar-refractivity contribution in [2.75, 3.05) is 12.4 Å². The predicted molar refractivity (Wildman–Crippen MR) is 95.5 cm³/mol. The van der Waals surface area contributed by atoms with Crippen LogP contribution in [-0.4, -0.2) is 27.0 Å². The topological polar surface area (TPSA) is 63.6 Å². The maximum Gasteiger partial charge on any atom is 0.182 e. The third kappa shape index (κ3) is 2.56. The first kappa shape index (κ1) is 14.3. The molecule has 116 valence electrons. The summed E-state index contributed by atoms with van der Waals surface area (Å²) >= 11 is 0. The summed E-state index contributed by atoms with van der Waals surface area (Å²) in [5.74, 6) is 1.34. The Morgan fingerprint density at radius 2 is 1.75 bits per heavy atom. The van der Waals surface area contributed by atoms with Crippen molar-refractivity contribution in [1.29, 1.82) is 0 Å². The number of hydrogen-bond donors (Lipinski definition) is 1. The van der Waals surface area contributed by atoms with Crippen molar-refractivity contribution in [1.82, 2.24) is 19.9 Å². The van der Waals surface area contributed by atoms with E-state index in [1.807, 2.05) is 31.3 Å². The van der Waals surface area contributed by atoms with E-state index in [4.69, 9.17) is 0 Å². The minimum Gasteiger partial charge on any atom is -0.373 e. The fourth-order valence-corrected chi connectivity index (χ4v) is 2.66. The van der Waals surface area contributed by atoms with E-state index < -0.39 is 0 Å². The minimum atomic E-state index is 0.560. The van der Waals surface area contributed by atoms with Gasteiger partial charge >= 0.3 is 0 Å². The van der Waals surface area contributed by atoms with E-state index >= 15 is 0 Å². The smallest absolute Gasteiger partial charge is 0.182 e. The van der Waals surface area contributed by atoms with Crippen molar-refractivity contribution in [2.24, 2.45) is 0 Å². The molecule has 0 fully saturated rings. The number of anilines is 1. The van der Waals surface area contributed by atoms with Gasteiger partial charge in [-0.25, -0.2) is 15.0 Å². The number of rotatable bonds is 3. The lowest BCUT2D eigenvalue weighted by Crippen LogP contribution is -2.00. The molecule has 0 unspecified atom stereocenters. The maximum absolute atomic E-state index is 4.69. The molecule has 0 saturated carbocycles. The standard InChI is InChI=1S/C19H15N5/c1-20-18-15-8-7-14(13-5-3-2-4-6-13)11-16(15)23-19(24-18)17-12-21-9-10-22-17/h2-12H,1H3,(H,20,23,24). The molecule has 5 nitrogen and oxygen atoms in total. The zero-order valence-corrected chi connectivity index (χ0v) is 13.1. The lowest BCUT2D eigenvalue weighted by atomic mass is 10.0. The van der Waals surface area contributed by atoms with Crippen LogP contribution in [0.1, 0.15) is 0 Å². The first-order valence-corrected chi connectivity index (χ1v) is 7.66. The summed E-state index contributed by atoms with van der Waals surface area (Å²) in [4.78, 5) is 17.6. The second-order valence-corrected chi connectivity index (χ2v) is 5.33. The molecular formula is C19H15N5. The largest absolute Gasteiger partial charge is 0.373 e. The average molecular weight is 313 g/mol. The summed E-state index contributed by atoms with van der Waals surface area (Å²) in [5.41, 5.74) is 3.80. The van der Waals surface area contributed by atoms with Crippen LogP contribution < -0.4 is 5.32 Å². The lowest BCUT2D eigenvalue weighted by Gasteiger charge is -2.09. The molecule has 5 heteroatoms. The Labute approximate surface area is 139 Å². The van der Waals surface area contributed by atoms with Crippen LogP contribution in [0.15, 0.2) is 67.1 Å². The molecule has 0 aliphatic rings. The molecule has 0 spiro atoms. The monoisotopic (exact) mass is 313 g/mol. The molecule has 0 bridgehead atoms. The molecule has 2 aromatic heterocycles. The first-order chi connectivity index (χ1) is 11.8. The third-order valence-electron chi connectivity index (χ3n) is 3.83. The summed E-state index contributed by atoms with van der Waals surface area (Å²) in [6.07, 6.45) is 4.95. The SMILES string of the molecule is CNc1nc(-c2cnccn2)nc2cc(-c3ccccc3)ccc12. The number of benzene rings is 2. The van der Waals surface area contributed by atoms with E-state index in [9.17, 15) is 0 Å². The van der Waals surface area contributed by atoms with Crippen LogP contribution in [0.5, 0.6) is 0 Å². The van der Waals surface area contributed by atoms with Gasteiger partial charge in [0.25, 0.3) is 0 Å². The molecule has 2 aromatic carbocycles. The molecule has 0 amide bonds. The molecule has 0 aliphatic carbocycles. The van der Waals surface area contributed by atoms with E-state index in [1.54, 1.807) is 18.6 Å². The summed E-state index contributed by atoms with van der Waals surface area (Å²) in [6, 6.07) is 16.5. The van der Waals surface area contributed by atoms with E-state index in [1.165, 1.54) is 0 Å². The zero-order valence-electron chi connectivity index (χ0n) is 13.1. The summed E-state index contributed by atoms with van der Waals surface area (Å²) < 4.78 is 0. The van der Waals surface area contributed by atoms with Gasteiger partial charge in [0.1, 0.15) is 11.5 Å². The third-order valence-corrected chi connectivity index (χ3v) is 3.83. The number of fused-ring (bicyclic) bond motifs is 1. The quantitative estimate of drug-likeness (QED) is 0.623. The molecule has 4 aromatic rings. The number of nitrogens with one attached hydrogen (secondary N) is 1. The molecule has 2 heterocycles. The Kier molecular flexibility index (Phi) is 3.59. The Hall–Kier alpha value is -3.34. The van der Waals surface area contributed by atoms with Gasteiger partial charge in [-0.2, -0.15) is 0 Å². The summed E-state index contributed by atoms with van der Waals surface area (Å²) in [5, 5.41) is 4.12. The van der Waals surface area contributed by atoms with Crippen LogP contribution in [0.3, 0.4) is 0 Å². The molecule has 1 N–H and O–H groups in total. The average Bonchev–Trinajstić information content (AvgIpc) is 2.68. The Morgan fingerprint density at radius 1 is 0.875 bits per heavy atom. The van der Waals surface area contributed by atoms with Gasteiger partial charge in [-0.15, -0.1) is 0 Å². The molecule has 0 aliphatic heterocycles. The van der Waals surface area contributed by atoms with Crippen LogP contribution in [0, 0.1) is 0 Å². The molecule has 0 radical (unpaired) electrons. The van der Waals surface area contributed by atoms with E-state index in [2.05, 4.69) is 49.5 Å². The van der Waals surface area contributed by atoms with Crippen molar-refractivity contribution < 1.29 is 0 Å². The van der Waals surface area contributed by atoms with Crippen LogP contribution in [0.4, 0.5) is 5.82 Å². The van der Waals surface area contributed by atoms with Gasteiger partial charge in [-0.05, 0) is 23.3 Å². The normalized spacial score (nSPS) is 10.7. The molecule has 0 atom stereocenters. The zero-order chi connectivity index (χ0) is 16.4. The van der Waals surface area contributed by atoms with E-state index in [-0.39, 0.29) is 0 Å². The van der Waals surface area contributed by atoms with Crippen molar-refractivity contribution in [2.45, 2.75) is 0 Å². The second kappa shape index (κ2) is 6.04. The minimum absolute atomic E-state index is 0.560. The highest BCUT2D eigenvalue weighted by atomic mass is 15.0. The fraction of sp³-hybridized carbons (Fsp3) is 0.0526. The van der Waals surface area contributed by atoms with Crippen LogP contribution in [0.2, 0.25) is 0 Å². The number of hydrogen-bond acceptors (Lipinski definition) is 5. The lowest BCUT2D eigenvalue weighted by molar-refractivity contribution is 1.13. The maximum atomic E-state index is 4.69. The Bertz CT molecular complexity index is 979. The highest BCUT2D eigenvalue weighted by Gasteiger charge is 2.10. The Morgan fingerprint density at radius 3 is 2.50 bits per heavy atom. The molecule has 4 rings (SSSR count). The van der Waals surface area contributed by atoms with Gasteiger partial charge in [0, 0.05) is 24.8 Å². The van der Waals surface area contributed by atoms with Gasteiger partial charge in [-0.3, -0.25) is 4.98 Å². The van der Waals surface area contributed by atoms with Crippen molar-refractivity contribution in [3.63, 3.8) is 0 Å². The van der Waals surface area contributed by atoms with E-state index in [0.29, 0.717) is 11.5 Å². The second-order valence-electron chi connectivity index (χ2n) is 5.33. The number of aromatic nitrogens is 4. The van der Waals surface area contributed by atoms with Gasteiger partial charge < -0.3 is 5.32 Å². The highest BCUT2D eigenvalue weighted by molar-refractivity contribution is 5.93. The highest BCUT2D eigenvalue weighted by Crippen LogP contribution is 2.28. The predicted octanol–water partition coefficient (Wildman–Crippen LogP) is 3.80. The first-order valence-electron chi connectivity index (χ1n) is 7.66. The Balaban J connectivity index is 1.92.